The Kier molecular flexibility index (Phi) is 3.03. The van der Waals surface area contributed by atoms with E-state index in [1.54, 1.807) is 5.57 Å². The maximum Gasteiger partial charge on any atom is 0.105 e. The molecule has 2 nitrogen and oxygen atoms in total. The average Bonchev–Trinajstić information content (AvgIpc) is 2.59. The Morgan fingerprint density at radius 1 is 1.40 bits per heavy atom. The predicted molar refractivity (Wildman–Crippen MR) is 62.4 cm³/mol. The minimum absolute atomic E-state index is 0.594. The lowest BCUT2D eigenvalue weighted by atomic mass is 9.85. The maximum absolute atomic E-state index is 5.75. The third kappa shape index (κ3) is 1.90. The first-order valence-corrected chi connectivity index (χ1v) is 5.98. The van der Waals surface area contributed by atoms with Crippen molar-refractivity contribution in [3.8, 4) is 0 Å². The summed E-state index contributed by atoms with van der Waals surface area (Å²) in [7, 11) is 4.25. The van der Waals surface area contributed by atoms with E-state index < -0.39 is 0 Å². The van der Waals surface area contributed by atoms with Gasteiger partial charge in [-0.2, -0.15) is 0 Å². The van der Waals surface area contributed by atoms with Crippen molar-refractivity contribution in [3.05, 3.63) is 23.1 Å². The molecule has 0 aromatic carbocycles. The van der Waals surface area contributed by atoms with Gasteiger partial charge in [-0.3, -0.25) is 0 Å². The first-order chi connectivity index (χ1) is 7.24. The van der Waals surface area contributed by atoms with E-state index in [2.05, 4.69) is 32.0 Å². The number of likely N-dealkylation sites (N-methyl/N-ethyl adjacent to an activating group) is 1. The number of hydrogen-bond acceptors (Lipinski definition) is 2. The molecule has 1 saturated carbocycles. The smallest absolute Gasteiger partial charge is 0.105 e. The molecule has 0 aromatic rings. The fraction of sp³-hybridized carbons (Fsp3) is 0.692. The molecule has 2 heteroatoms. The molecule has 0 bridgehead atoms. The van der Waals surface area contributed by atoms with Crippen molar-refractivity contribution in [1.82, 2.24) is 4.90 Å². The average molecular weight is 207 g/mol. The van der Waals surface area contributed by atoms with Crippen molar-refractivity contribution in [3.63, 3.8) is 0 Å². The minimum Gasteiger partial charge on any atom is -0.498 e. The number of nitrogens with zero attached hydrogens (tertiary/aromatic N) is 1. The third-order valence-electron chi connectivity index (χ3n) is 3.35. The maximum atomic E-state index is 5.75. The lowest BCUT2D eigenvalue weighted by molar-refractivity contribution is 0.194. The molecule has 0 heterocycles. The van der Waals surface area contributed by atoms with Crippen molar-refractivity contribution in [2.75, 3.05) is 20.7 Å². The van der Waals surface area contributed by atoms with Gasteiger partial charge in [0.15, 0.2) is 0 Å². The van der Waals surface area contributed by atoms with Crippen molar-refractivity contribution in [2.24, 2.45) is 5.92 Å². The molecule has 0 saturated heterocycles. The minimum atomic E-state index is 0.594. The molecule has 0 radical (unpaired) electrons. The van der Waals surface area contributed by atoms with E-state index in [1.165, 1.54) is 37.1 Å². The molecule has 1 atom stereocenters. The summed E-state index contributed by atoms with van der Waals surface area (Å²) in [6.45, 7) is 2.85. The highest BCUT2D eigenvalue weighted by molar-refractivity contribution is 5.39. The van der Waals surface area contributed by atoms with Crippen LogP contribution in [0.5, 0.6) is 0 Å². The highest BCUT2D eigenvalue weighted by Crippen LogP contribution is 2.42. The summed E-state index contributed by atoms with van der Waals surface area (Å²) in [5, 5.41) is 0. The molecule has 84 valence electrons. The van der Waals surface area contributed by atoms with Gasteiger partial charge in [-0.05, 0) is 37.8 Å². The van der Waals surface area contributed by atoms with Crippen molar-refractivity contribution >= 4 is 0 Å². The van der Waals surface area contributed by atoms with E-state index in [0.717, 1.165) is 6.61 Å². The van der Waals surface area contributed by atoms with Crippen molar-refractivity contribution in [1.29, 1.82) is 0 Å². The highest BCUT2D eigenvalue weighted by atomic mass is 16.5. The molecule has 1 unspecified atom stereocenters. The molecule has 0 N–H and O–H groups in total. The molecule has 1 fully saturated rings. The summed E-state index contributed by atoms with van der Waals surface area (Å²) in [4.78, 5) is 2.22. The lowest BCUT2D eigenvalue weighted by Crippen LogP contribution is -2.15. The van der Waals surface area contributed by atoms with Crippen LogP contribution in [-0.4, -0.2) is 25.6 Å². The molecule has 2 aliphatic rings. The van der Waals surface area contributed by atoms with Crippen molar-refractivity contribution < 1.29 is 4.74 Å². The van der Waals surface area contributed by atoms with Crippen LogP contribution in [0.2, 0.25) is 0 Å². The van der Waals surface area contributed by atoms with Gasteiger partial charge in [0.05, 0.1) is 6.61 Å². The first-order valence-electron chi connectivity index (χ1n) is 5.98. The number of allylic oxidation sites excluding steroid dienone is 2. The first kappa shape index (κ1) is 10.6. The molecule has 15 heavy (non-hydrogen) atoms. The van der Waals surface area contributed by atoms with Gasteiger partial charge < -0.3 is 9.64 Å². The molecule has 0 amide bonds. The fourth-order valence-corrected chi connectivity index (χ4v) is 2.69. The largest absolute Gasteiger partial charge is 0.498 e. The zero-order valence-corrected chi connectivity index (χ0v) is 10.0. The van der Waals surface area contributed by atoms with Crippen LogP contribution in [0.3, 0.4) is 0 Å². The van der Waals surface area contributed by atoms with E-state index in [-0.39, 0.29) is 0 Å². The molecule has 0 spiro atoms. The van der Waals surface area contributed by atoms with Crippen LogP contribution >= 0.6 is 0 Å². The van der Waals surface area contributed by atoms with Crippen LogP contribution in [0.4, 0.5) is 0 Å². The number of rotatable bonds is 3. The summed E-state index contributed by atoms with van der Waals surface area (Å²) in [5.74, 6) is 1.80. The Morgan fingerprint density at radius 3 is 2.87 bits per heavy atom. The summed E-state index contributed by atoms with van der Waals surface area (Å²) >= 11 is 0. The van der Waals surface area contributed by atoms with Crippen LogP contribution in [0.1, 0.15) is 32.6 Å². The summed E-state index contributed by atoms with van der Waals surface area (Å²) in [6, 6.07) is 0. The van der Waals surface area contributed by atoms with Crippen LogP contribution in [0.25, 0.3) is 0 Å². The normalized spacial score (nSPS) is 25.0. The number of fused-ring (bicyclic) bond motifs is 1. The Hall–Kier alpha value is -0.920. The van der Waals surface area contributed by atoms with E-state index in [9.17, 15) is 0 Å². The number of ether oxygens (including phenoxy) is 1. The zero-order chi connectivity index (χ0) is 10.8. The van der Waals surface area contributed by atoms with Crippen molar-refractivity contribution in [2.45, 2.75) is 32.6 Å². The van der Waals surface area contributed by atoms with E-state index in [1.807, 2.05) is 0 Å². The summed E-state index contributed by atoms with van der Waals surface area (Å²) < 4.78 is 5.75. The van der Waals surface area contributed by atoms with E-state index in [0.29, 0.717) is 5.92 Å². The van der Waals surface area contributed by atoms with Gasteiger partial charge in [0.25, 0.3) is 0 Å². The molecular weight excluding hydrogens is 186 g/mol. The summed E-state index contributed by atoms with van der Waals surface area (Å²) in [6.07, 6.45) is 7.47. The Morgan fingerprint density at radius 2 is 2.20 bits per heavy atom. The van der Waals surface area contributed by atoms with Gasteiger partial charge in [-0.1, -0.05) is 6.42 Å². The van der Waals surface area contributed by atoms with Crippen LogP contribution in [0.15, 0.2) is 23.1 Å². The van der Waals surface area contributed by atoms with E-state index in [4.69, 9.17) is 4.74 Å². The monoisotopic (exact) mass is 207 g/mol. The molecule has 2 rings (SSSR count). The van der Waals surface area contributed by atoms with Crippen LogP contribution < -0.4 is 0 Å². The number of hydrogen-bond donors (Lipinski definition) is 0. The second kappa shape index (κ2) is 4.30. The topological polar surface area (TPSA) is 12.5 Å². The van der Waals surface area contributed by atoms with Gasteiger partial charge in [-0.15, -0.1) is 0 Å². The predicted octanol–water partition coefficient (Wildman–Crippen LogP) is 2.93. The van der Waals surface area contributed by atoms with Gasteiger partial charge in [0.1, 0.15) is 5.76 Å². The van der Waals surface area contributed by atoms with Gasteiger partial charge in [0.2, 0.25) is 0 Å². The lowest BCUT2D eigenvalue weighted by Gasteiger charge is -2.25. The van der Waals surface area contributed by atoms with Gasteiger partial charge in [-0.25, -0.2) is 0 Å². The molecule has 2 aliphatic carbocycles. The Bertz CT molecular complexity index is 302. The van der Waals surface area contributed by atoms with Gasteiger partial charge >= 0.3 is 0 Å². The van der Waals surface area contributed by atoms with Crippen LogP contribution in [0, 0.1) is 5.92 Å². The molecule has 0 aliphatic heterocycles. The fourth-order valence-electron chi connectivity index (χ4n) is 2.69. The van der Waals surface area contributed by atoms with Crippen LogP contribution in [-0.2, 0) is 4.74 Å². The van der Waals surface area contributed by atoms with Gasteiger partial charge in [0, 0.05) is 25.7 Å². The SMILES string of the molecule is CCOC1=CC(N(C)C)=C2CCCCC12. The zero-order valence-electron chi connectivity index (χ0n) is 10.0. The molecule has 0 aromatic heterocycles. The standard InChI is InChI=1S/C13H21NO/c1-4-15-13-9-12(14(2)3)10-7-5-6-8-11(10)13/h9,11H,4-8H2,1-3H3. The molecular formula is C13H21NO. The second-order valence-electron chi connectivity index (χ2n) is 4.58. The highest BCUT2D eigenvalue weighted by Gasteiger charge is 2.31. The summed E-state index contributed by atoms with van der Waals surface area (Å²) in [5.41, 5.74) is 3.00. The quantitative estimate of drug-likeness (QED) is 0.705. The Labute approximate surface area is 92.6 Å². The third-order valence-corrected chi connectivity index (χ3v) is 3.35. The Balaban J connectivity index is 2.23. The second-order valence-corrected chi connectivity index (χ2v) is 4.58. The van der Waals surface area contributed by atoms with E-state index >= 15 is 0 Å².